The lowest BCUT2D eigenvalue weighted by Gasteiger charge is -2.04. The summed E-state index contributed by atoms with van der Waals surface area (Å²) in [5.74, 6) is -0.0359. The molecule has 1 amide bonds. The van der Waals surface area contributed by atoms with Gasteiger partial charge < -0.3 is 5.32 Å². The largest absolute Gasteiger partial charge is 0.355 e. The Kier molecular flexibility index (Phi) is 7.99. The number of carbonyl (C=O) groups excluding carboxylic acids is 1. The smallest absolute Gasteiger partial charge is 0.220 e. The fraction of sp³-hybridized carbons (Fsp3) is 0.875. The van der Waals surface area contributed by atoms with Gasteiger partial charge in [0.05, 0.1) is 6.26 Å². The molecule has 0 radical (unpaired) electrons. The van der Waals surface area contributed by atoms with E-state index in [0.717, 1.165) is 24.4 Å². The number of sulfonamides is 1. The predicted octanol–water partition coefficient (Wildman–Crippen LogP) is 0.217. The lowest BCUT2D eigenvalue weighted by molar-refractivity contribution is -0.121. The molecule has 0 aromatic rings. The van der Waals surface area contributed by atoms with Crippen LogP contribution < -0.4 is 10.0 Å². The molecule has 0 aliphatic rings. The summed E-state index contributed by atoms with van der Waals surface area (Å²) >= 11 is 3.28. The second kappa shape index (κ2) is 8.06. The van der Waals surface area contributed by atoms with Gasteiger partial charge in [-0.3, -0.25) is 4.79 Å². The third-order valence-electron chi connectivity index (χ3n) is 1.60. The summed E-state index contributed by atoms with van der Waals surface area (Å²) in [6.07, 6.45) is 3.39. The molecule has 0 spiro atoms. The molecule has 5 nitrogen and oxygen atoms in total. The molecule has 0 bridgehead atoms. The maximum atomic E-state index is 11.1. The number of nitrogens with one attached hydrogen (secondary N) is 2. The van der Waals surface area contributed by atoms with Crippen molar-refractivity contribution >= 4 is 31.9 Å². The summed E-state index contributed by atoms with van der Waals surface area (Å²) in [6, 6.07) is 0. The molecule has 0 aliphatic heterocycles. The van der Waals surface area contributed by atoms with Crippen molar-refractivity contribution < 1.29 is 13.2 Å². The lowest BCUT2D eigenvalue weighted by atomic mass is 10.2. The van der Waals surface area contributed by atoms with Gasteiger partial charge in [0.2, 0.25) is 15.9 Å². The highest BCUT2D eigenvalue weighted by atomic mass is 79.9. The Morgan fingerprint density at radius 2 is 1.93 bits per heavy atom. The molecular weight excluding hydrogens is 284 g/mol. The summed E-state index contributed by atoms with van der Waals surface area (Å²) in [4.78, 5) is 11.1. The Labute approximate surface area is 99.2 Å². The van der Waals surface area contributed by atoms with Gasteiger partial charge in [0.1, 0.15) is 0 Å². The van der Waals surface area contributed by atoms with E-state index in [-0.39, 0.29) is 12.5 Å². The van der Waals surface area contributed by atoms with Crippen molar-refractivity contribution in [1.29, 1.82) is 0 Å². The average Bonchev–Trinajstić information content (AvgIpc) is 2.11. The molecule has 0 fully saturated rings. The number of unbranched alkanes of at least 4 members (excludes halogenated alkanes) is 1. The van der Waals surface area contributed by atoms with Crippen molar-refractivity contribution in [3.63, 3.8) is 0 Å². The summed E-state index contributed by atoms with van der Waals surface area (Å²) in [7, 11) is -3.15. The predicted molar refractivity (Wildman–Crippen MR) is 63.5 cm³/mol. The van der Waals surface area contributed by atoms with E-state index in [9.17, 15) is 13.2 Å². The Morgan fingerprint density at radius 1 is 1.27 bits per heavy atom. The Hall–Kier alpha value is -0.140. The van der Waals surface area contributed by atoms with Crippen LogP contribution in [0.3, 0.4) is 0 Å². The number of hydrogen-bond acceptors (Lipinski definition) is 3. The molecule has 0 aromatic heterocycles. The summed E-state index contributed by atoms with van der Waals surface area (Å²) in [5, 5.41) is 3.53. The van der Waals surface area contributed by atoms with Crippen molar-refractivity contribution in [3.8, 4) is 0 Å². The number of hydrogen-bond donors (Lipinski definition) is 2. The van der Waals surface area contributed by atoms with E-state index in [4.69, 9.17) is 0 Å². The zero-order valence-electron chi connectivity index (χ0n) is 8.75. The van der Waals surface area contributed by atoms with Gasteiger partial charge in [-0.15, -0.1) is 0 Å². The molecule has 0 aliphatic carbocycles. The minimum atomic E-state index is -3.15. The Balaban J connectivity index is 3.39. The topological polar surface area (TPSA) is 75.3 Å². The van der Waals surface area contributed by atoms with Crippen LogP contribution in [0, 0.1) is 0 Å². The van der Waals surface area contributed by atoms with E-state index < -0.39 is 10.0 Å². The van der Waals surface area contributed by atoms with Crippen molar-refractivity contribution in [3.05, 3.63) is 0 Å². The molecule has 0 saturated heterocycles. The summed E-state index contributed by atoms with van der Waals surface area (Å²) in [5.41, 5.74) is 0. The molecule has 0 heterocycles. The normalized spacial score (nSPS) is 11.3. The van der Waals surface area contributed by atoms with Crippen molar-refractivity contribution in [2.45, 2.75) is 19.3 Å². The van der Waals surface area contributed by atoms with E-state index in [2.05, 4.69) is 26.0 Å². The van der Waals surface area contributed by atoms with Crippen LogP contribution in [0.5, 0.6) is 0 Å². The zero-order valence-corrected chi connectivity index (χ0v) is 11.2. The fourth-order valence-corrected chi connectivity index (χ4v) is 1.78. The van der Waals surface area contributed by atoms with Crippen molar-refractivity contribution in [2.24, 2.45) is 0 Å². The molecular formula is C8H17BrN2O3S. The van der Waals surface area contributed by atoms with Gasteiger partial charge >= 0.3 is 0 Å². The van der Waals surface area contributed by atoms with Crippen LogP contribution in [0.25, 0.3) is 0 Å². The first-order valence-electron chi connectivity index (χ1n) is 4.73. The quantitative estimate of drug-likeness (QED) is 0.497. The molecule has 0 aromatic carbocycles. The first-order chi connectivity index (χ1) is 6.95. The number of carbonyl (C=O) groups is 1. The van der Waals surface area contributed by atoms with Crippen LogP contribution >= 0.6 is 15.9 Å². The van der Waals surface area contributed by atoms with E-state index >= 15 is 0 Å². The molecule has 7 heteroatoms. The first-order valence-corrected chi connectivity index (χ1v) is 7.74. The van der Waals surface area contributed by atoms with Crippen LogP contribution in [0.15, 0.2) is 0 Å². The van der Waals surface area contributed by atoms with Gasteiger partial charge in [-0.05, 0) is 12.8 Å². The van der Waals surface area contributed by atoms with Gasteiger partial charge in [0.15, 0.2) is 0 Å². The molecule has 2 N–H and O–H groups in total. The van der Waals surface area contributed by atoms with Gasteiger partial charge in [-0.1, -0.05) is 15.9 Å². The second-order valence-electron chi connectivity index (χ2n) is 3.16. The van der Waals surface area contributed by atoms with E-state index in [1.807, 2.05) is 0 Å². The Morgan fingerprint density at radius 3 is 2.47 bits per heavy atom. The van der Waals surface area contributed by atoms with E-state index in [1.165, 1.54) is 0 Å². The summed E-state index contributed by atoms with van der Waals surface area (Å²) in [6.45, 7) is 0.573. The van der Waals surface area contributed by atoms with Crippen LogP contribution in [-0.2, 0) is 14.8 Å². The molecule has 90 valence electrons. The fourth-order valence-electron chi connectivity index (χ4n) is 0.907. The minimum Gasteiger partial charge on any atom is -0.355 e. The van der Waals surface area contributed by atoms with Crippen molar-refractivity contribution in [2.75, 3.05) is 24.7 Å². The zero-order chi connectivity index (χ0) is 11.7. The standard InChI is InChI=1S/C8H17BrN2O3S/c1-15(13,14)11-7-6-10-8(12)4-2-3-5-9/h11H,2-7H2,1H3,(H,10,12). The SMILES string of the molecule is CS(=O)(=O)NCCNC(=O)CCCCBr. The highest BCUT2D eigenvalue weighted by molar-refractivity contribution is 9.09. The van der Waals surface area contributed by atoms with Crippen LogP contribution in [0.1, 0.15) is 19.3 Å². The molecule has 0 rings (SSSR count). The maximum absolute atomic E-state index is 11.1. The van der Waals surface area contributed by atoms with Gasteiger partial charge in [0, 0.05) is 24.8 Å². The number of alkyl halides is 1. The molecule has 0 atom stereocenters. The molecule has 0 unspecified atom stereocenters. The third-order valence-corrected chi connectivity index (χ3v) is 2.89. The molecule has 0 saturated carbocycles. The first kappa shape index (κ1) is 14.9. The number of amides is 1. The summed E-state index contributed by atoms with van der Waals surface area (Å²) < 4.78 is 23.6. The van der Waals surface area contributed by atoms with Crippen LogP contribution in [0.2, 0.25) is 0 Å². The van der Waals surface area contributed by atoms with Crippen LogP contribution in [-0.4, -0.2) is 39.0 Å². The van der Waals surface area contributed by atoms with Crippen molar-refractivity contribution in [1.82, 2.24) is 10.0 Å². The van der Waals surface area contributed by atoms with E-state index in [0.29, 0.717) is 13.0 Å². The van der Waals surface area contributed by atoms with Crippen LogP contribution in [0.4, 0.5) is 0 Å². The second-order valence-corrected chi connectivity index (χ2v) is 5.79. The maximum Gasteiger partial charge on any atom is 0.220 e. The Bertz CT molecular complexity index is 280. The van der Waals surface area contributed by atoms with Gasteiger partial charge in [0.25, 0.3) is 0 Å². The lowest BCUT2D eigenvalue weighted by Crippen LogP contribution is -2.34. The number of halogens is 1. The minimum absolute atomic E-state index is 0.0359. The highest BCUT2D eigenvalue weighted by Crippen LogP contribution is 1.97. The van der Waals surface area contributed by atoms with Gasteiger partial charge in [-0.2, -0.15) is 0 Å². The third kappa shape index (κ3) is 11.8. The monoisotopic (exact) mass is 300 g/mol. The highest BCUT2D eigenvalue weighted by Gasteiger charge is 2.01. The van der Waals surface area contributed by atoms with Gasteiger partial charge in [-0.25, -0.2) is 13.1 Å². The van der Waals surface area contributed by atoms with E-state index in [1.54, 1.807) is 0 Å². The average molecular weight is 301 g/mol. The number of rotatable bonds is 8. The molecule has 15 heavy (non-hydrogen) atoms.